The molecule has 0 amide bonds. The van der Waals surface area contributed by atoms with Crippen LogP contribution in [0.2, 0.25) is 0 Å². The molecule has 114 valence electrons. The molecule has 23 heavy (non-hydrogen) atoms. The quantitative estimate of drug-likeness (QED) is 0.595. The third kappa shape index (κ3) is 1.78. The van der Waals surface area contributed by atoms with Gasteiger partial charge in [-0.3, -0.25) is 0 Å². The number of aromatic nitrogens is 5. The maximum Gasteiger partial charge on any atom is 0.164 e. The number of anilines is 1. The van der Waals surface area contributed by atoms with E-state index >= 15 is 0 Å². The Morgan fingerprint density at radius 2 is 2.04 bits per heavy atom. The van der Waals surface area contributed by atoms with Crippen LogP contribution in [-0.4, -0.2) is 24.7 Å². The van der Waals surface area contributed by atoms with Gasteiger partial charge in [-0.25, -0.2) is 14.6 Å². The van der Waals surface area contributed by atoms with Crippen molar-refractivity contribution in [3.05, 3.63) is 36.7 Å². The molecular weight excluding hydrogens is 288 g/mol. The predicted octanol–water partition coefficient (Wildman–Crippen LogP) is 3.28. The summed E-state index contributed by atoms with van der Waals surface area (Å²) in [4.78, 5) is 12.0. The van der Waals surface area contributed by atoms with Crippen molar-refractivity contribution in [2.75, 3.05) is 5.73 Å². The van der Waals surface area contributed by atoms with Gasteiger partial charge in [0.2, 0.25) is 0 Å². The van der Waals surface area contributed by atoms with Crippen LogP contribution in [0.5, 0.6) is 0 Å². The van der Waals surface area contributed by atoms with Gasteiger partial charge in [-0.1, -0.05) is 18.2 Å². The van der Waals surface area contributed by atoms with Crippen molar-refractivity contribution in [3.63, 3.8) is 0 Å². The number of H-pyrrole nitrogens is 1. The number of nitrogens with zero attached hydrogens (tertiary/aromatic N) is 4. The first-order valence-electron chi connectivity index (χ1n) is 7.88. The molecule has 6 nitrogen and oxygen atoms in total. The Bertz CT molecular complexity index is 991. The van der Waals surface area contributed by atoms with E-state index < -0.39 is 0 Å². The summed E-state index contributed by atoms with van der Waals surface area (Å²) in [5, 5.41) is 6.84. The molecule has 4 aromatic rings. The summed E-state index contributed by atoms with van der Waals surface area (Å²) < 4.78 is 2.03. The Kier molecular flexibility index (Phi) is 2.50. The molecule has 5 rings (SSSR count). The fourth-order valence-electron chi connectivity index (χ4n) is 3.27. The van der Waals surface area contributed by atoms with E-state index in [1.54, 1.807) is 0 Å². The fraction of sp³-hybridized carbons (Fsp3) is 0.235. The van der Waals surface area contributed by atoms with E-state index in [9.17, 15) is 0 Å². The van der Waals surface area contributed by atoms with Gasteiger partial charge >= 0.3 is 0 Å². The molecule has 0 saturated heterocycles. The maximum absolute atomic E-state index is 6.14. The van der Waals surface area contributed by atoms with Gasteiger partial charge in [0.05, 0.1) is 17.1 Å². The molecule has 3 N–H and O–H groups in total. The molecule has 1 aliphatic rings. The minimum atomic E-state index is 0.421. The first-order valence-corrected chi connectivity index (χ1v) is 7.88. The molecule has 0 spiro atoms. The molecule has 3 aromatic heterocycles. The second kappa shape index (κ2) is 4.55. The van der Waals surface area contributed by atoms with Crippen molar-refractivity contribution in [2.45, 2.75) is 25.3 Å². The molecular formula is C17H16N6. The van der Waals surface area contributed by atoms with Gasteiger partial charge in [0.15, 0.2) is 5.65 Å². The van der Waals surface area contributed by atoms with Crippen molar-refractivity contribution < 1.29 is 0 Å². The SMILES string of the molecule is Nc1ncnc2c1c(-c1cc3ccccc3[nH]1)nn2C1CCC1. The summed E-state index contributed by atoms with van der Waals surface area (Å²) in [6.07, 6.45) is 5.05. The Labute approximate surface area is 132 Å². The normalized spacial score (nSPS) is 15.3. The van der Waals surface area contributed by atoms with E-state index in [0.717, 1.165) is 46.2 Å². The molecule has 0 radical (unpaired) electrons. The average Bonchev–Trinajstić information content (AvgIpc) is 3.08. The molecule has 1 fully saturated rings. The third-order valence-corrected chi connectivity index (χ3v) is 4.72. The van der Waals surface area contributed by atoms with E-state index in [1.165, 1.54) is 12.7 Å². The molecule has 0 unspecified atom stereocenters. The van der Waals surface area contributed by atoms with Gasteiger partial charge in [-0.05, 0) is 31.4 Å². The molecule has 3 heterocycles. The van der Waals surface area contributed by atoms with Gasteiger partial charge in [0.1, 0.15) is 17.8 Å². The highest BCUT2D eigenvalue weighted by atomic mass is 15.3. The summed E-state index contributed by atoms with van der Waals surface area (Å²) in [5.41, 5.74) is 9.85. The van der Waals surface area contributed by atoms with E-state index in [-0.39, 0.29) is 0 Å². The van der Waals surface area contributed by atoms with Crippen LogP contribution < -0.4 is 5.73 Å². The second-order valence-corrected chi connectivity index (χ2v) is 6.11. The van der Waals surface area contributed by atoms with Gasteiger partial charge in [-0.2, -0.15) is 5.10 Å². The van der Waals surface area contributed by atoms with Gasteiger partial charge in [0, 0.05) is 10.9 Å². The van der Waals surface area contributed by atoms with Crippen LogP contribution in [0.4, 0.5) is 5.82 Å². The van der Waals surface area contributed by atoms with Crippen LogP contribution >= 0.6 is 0 Å². The van der Waals surface area contributed by atoms with Gasteiger partial charge < -0.3 is 10.7 Å². The summed E-state index contributed by atoms with van der Waals surface area (Å²) in [6.45, 7) is 0. The largest absolute Gasteiger partial charge is 0.383 e. The number of nitrogens with two attached hydrogens (primary N) is 1. The lowest BCUT2D eigenvalue weighted by Gasteiger charge is -2.25. The third-order valence-electron chi connectivity index (χ3n) is 4.72. The predicted molar refractivity (Wildman–Crippen MR) is 89.9 cm³/mol. The molecule has 1 aliphatic carbocycles. The molecule has 6 heteroatoms. The second-order valence-electron chi connectivity index (χ2n) is 6.11. The zero-order valence-electron chi connectivity index (χ0n) is 12.5. The van der Waals surface area contributed by atoms with E-state index in [1.807, 2.05) is 16.8 Å². The van der Waals surface area contributed by atoms with Crippen molar-refractivity contribution in [1.29, 1.82) is 0 Å². The number of fused-ring (bicyclic) bond motifs is 2. The number of benzene rings is 1. The number of nitrogens with one attached hydrogen (secondary N) is 1. The lowest BCUT2D eigenvalue weighted by molar-refractivity contribution is 0.296. The van der Waals surface area contributed by atoms with Crippen LogP contribution in [-0.2, 0) is 0 Å². The lowest BCUT2D eigenvalue weighted by Crippen LogP contribution is -2.18. The van der Waals surface area contributed by atoms with Crippen molar-refractivity contribution in [1.82, 2.24) is 24.7 Å². The Morgan fingerprint density at radius 3 is 2.83 bits per heavy atom. The monoisotopic (exact) mass is 304 g/mol. The highest BCUT2D eigenvalue weighted by Crippen LogP contribution is 2.37. The zero-order valence-corrected chi connectivity index (χ0v) is 12.5. The van der Waals surface area contributed by atoms with Crippen molar-refractivity contribution >= 4 is 27.8 Å². The first-order chi connectivity index (χ1) is 11.3. The molecule has 0 aliphatic heterocycles. The summed E-state index contributed by atoms with van der Waals surface area (Å²) in [7, 11) is 0. The molecule has 1 aromatic carbocycles. The standard InChI is InChI=1S/C17H16N6/c18-16-14-15(13-8-10-4-1-2-7-12(10)21-13)22-23(11-5-3-6-11)17(14)20-9-19-16/h1-2,4,7-9,11,21H,3,5-6H2,(H2,18,19,20). The number of aromatic amines is 1. The zero-order chi connectivity index (χ0) is 15.4. The van der Waals surface area contributed by atoms with Gasteiger partial charge in [0.25, 0.3) is 0 Å². The summed E-state index contributed by atoms with van der Waals surface area (Å²) >= 11 is 0. The minimum Gasteiger partial charge on any atom is -0.383 e. The highest BCUT2D eigenvalue weighted by Gasteiger charge is 2.26. The van der Waals surface area contributed by atoms with E-state index in [4.69, 9.17) is 10.8 Å². The molecule has 0 atom stereocenters. The fourth-order valence-corrected chi connectivity index (χ4v) is 3.27. The number of hydrogen-bond acceptors (Lipinski definition) is 4. The van der Waals surface area contributed by atoms with Crippen LogP contribution in [0.25, 0.3) is 33.3 Å². The molecule has 0 bridgehead atoms. The average molecular weight is 304 g/mol. The van der Waals surface area contributed by atoms with Crippen molar-refractivity contribution in [2.24, 2.45) is 0 Å². The van der Waals surface area contributed by atoms with Crippen LogP contribution in [0.3, 0.4) is 0 Å². The van der Waals surface area contributed by atoms with Crippen LogP contribution in [0.1, 0.15) is 25.3 Å². The van der Waals surface area contributed by atoms with Gasteiger partial charge in [-0.15, -0.1) is 0 Å². The topological polar surface area (TPSA) is 85.4 Å². The Morgan fingerprint density at radius 1 is 1.17 bits per heavy atom. The molecule has 1 saturated carbocycles. The Hall–Kier alpha value is -2.89. The van der Waals surface area contributed by atoms with E-state index in [0.29, 0.717) is 11.9 Å². The Balaban J connectivity index is 1.80. The number of nitrogen functional groups attached to an aromatic ring is 1. The van der Waals surface area contributed by atoms with E-state index in [2.05, 4.69) is 33.2 Å². The highest BCUT2D eigenvalue weighted by molar-refractivity contribution is 5.99. The summed E-state index contributed by atoms with van der Waals surface area (Å²) in [5.74, 6) is 0.481. The smallest absolute Gasteiger partial charge is 0.164 e. The lowest BCUT2D eigenvalue weighted by atomic mass is 9.93. The van der Waals surface area contributed by atoms with Crippen LogP contribution in [0.15, 0.2) is 36.7 Å². The minimum absolute atomic E-state index is 0.421. The maximum atomic E-state index is 6.14. The first kappa shape index (κ1) is 12.6. The number of rotatable bonds is 2. The number of para-hydroxylation sites is 1. The number of hydrogen-bond donors (Lipinski definition) is 2. The van der Waals surface area contributed by atoms with Crippen molar-refractivity contribution in [3.8, 4) is 11.4 Å². The summed E-state index contributed by atoms with van der Waals surface area (Å²) in [6, 6.07) is 10.7. The van der Waals surface area contributed by atoms with Crippen LogP contribution in [0, 0.1) is 0 Å².